The van der Waals surface area contributed by atoms with E-state index >= 15 is 0 Å². The average molecular weight is 347 g/mol. The van der Waals surface area contributed by atoms with Gasteiger partial charge in [0.15, 0.2) is 17.3 Å². The van der Waals surface area contributed by atoms with Crippen LogP contribution in [0.15, 0.2) is 24.3 Å². The van der Waals surface area contributed by atoms with Crippen LogP contribution >= 0.6 is 0 Å². The molecule has 1 aromatic carbocycles. The topological polar surface area (TPSA) is 71.4 Å². The Bertz CT molecular complexity index is 705. The molecular weight excluding hydrogens is 322 g/mol. The van der Waals surface area contributed by atoms with Crippen LogP contribution in [0.25, 0.3) is 0 Å². The molecule has 0 amide bonds. The molecule has 3 atom stereocenters. The van der Waals surface area contributed by atoms with Crippen LogP contribution in [-0.4, -0.2) is 60.9 Å². The maximum atomic E-state index is 10.7. The van der Waals surface area contributed by atoms with Gasteiger partial charge in [0.05, 0.1) is 25.7 Å². The number of aliphatic hydroxyl groups is 2. The highest BCUT2D eigenvalue weighted by molar-refractivity contribution is 5.61. The minimum atomic E-state index is -1.41. The molecular formula is C19H25NO5. The maximum absolute atomic E-state index is 10.7. The number of hydrogen-bond acceptors (Lipinski definition) is 6. The van der Waals surface area contributed by atoms with E-state index in [4.69, 9.17) is 19.3 Å². The minimum Gasteiger partial charge on any atom is -0.493 e. The Morgan fingerprint density at radius 3 is 2.96 bits per heavy atom. The minimum absolute atomic E-state index is 0.0881. The molecule has 4 rings (SSSR count). The summed E-state index contributed by atoms with van der Waals surface area (Å²) in [6.45, 7) is 1.76. The molecule has 0 saturated carbocycles. The summed E-state index contributed by atoms with van der Waals surface area (Å²) in [5, 5.41) is 19.7. The Morgan fingerprint density at radius 1 is 1.36 bits per heavy atom. The highest BCUT2D eigenvalue weighted by Gasteiger charge is 2.55. The predicted molar refractivity (Wildman–Crippen MR) is 91.8 cm³/mol. The lowest BCUT2D eigenvalue weighted by Crippen LogP contribution is -2.49. The highest BCUT2D eigenvalue weighted by Crippen LogP contribution is 2.56. The summed E-state index contributed by atoms with van der Waals surface area (Å²) >= 11 is 0. The SMILES string of the molecule is COc1ccc2c3c1O[C@H]1CC(O)(OCCO)C=CC31CCN(C)C2. The molecule has 0 bridgehead atoms. The van der Waals surface area contributed by atoms with Crippen molar-refractivity contribution in [2.45, 2.75) is 36.7 Å². The fraction of sp³-hybridized carbons (Fsp3) is 0.579. The van der Waals surface area contributed by atoms with Gasteiger partial charge in [-0.25, -0.2) is 0 Å². The van der Waals surface area contributed by atoms with E-state index in [1.807, 2.05) is 12.1 Å². The molecule has 0 fully saturated rings. The van der Waals surface area contributed by atoms with Crippen LogP contribution < -0.4 is 9.47 Å². The van der Waals surface area contributed by atoms with E-state index < -0.39 is 5.79 Å². The molecule has 0 saturated heterocycles. The second kappa shape index (κ2) is 5.99. The molecule has 0 aromatic heterocycles. The van der Waals surface area contributed by atoms with E-state index in [-0.39, 0.29) is 24.7 Å². The van der Waals surface area contributed by atoms with Crippen molar-refractivity contribution >= 4 is 0 Å². The monoisotopic (exact) mass is 347 g/mol. The maximum Gasteiger partial charge on any atom is 0.188 e. The lowest BCUT2D eigenvalue weighted by Gasteiger charge is -2.40. The Hall–Kier alpha value is -1.60. The van der Waals surface area contributed by atoms with E-state index in [0.717, 1.165) is 31.0 Å². The molecule has 2 aliphatic heterocycles. The summed E-state index contributed by atoms with van der Waals surface area (Å²) in [5.74, 6) is 0.105. The van der Waals surface area contributed by atoms with Crippen LogP contribution in [-0.2, 0) is 16.7 Å². The molecule has 2 unspecified atom stereocenters. The summed E-state index contributed by atoms with van der Waals surface area (Å²) in [4.78, 5) is 2.31. The van der Waals surface area contributed by atoms with E-state index in [9.17, 15) is 5.11 Å². The number of rotatable bonds is 4. The Morgan fingerprint density at radius 2 is 2.20 bits per heavy atom. The summed E-state index contributed by atoms with van der Waals surface area (Å²) < 4.78 is 17.3. The molecule has 25 heavy (non-hydrogen) atoms. The fourth-order valence-electron chi connectivity index (χ4n) is 4.40. The van der Waals surface area contributed by atoms with Gasteiger partial charge in [-0.1, -0.05) is 12.1 Å². The number of nitrogens with zero attached hydrogens (tertiary/aromatic N) is 1. The smallest absolute Gasteiger partial charge is 0.188 e. The normalized spacial score (nSPS) is 33.4. The van der Waals surface area contributed by atoms with Crippen molar-refractivity contribution in [2.24, 2.45) is 0 Å². The fourth-order valence-corrected chi connectivity index (χ4v) is 4.40. The van der Waals surface area contributed by atoms with Crippen molar-refractivity contribution in [1.29, 1.82) is 0 Å². The van der Waals surface area contributed by atoms with Gasteiger partial charge in [0.1, 0.15) is 6.10 Å². The molecule has 0 radical (unpaired) electrons. The third-order valence-electron chi connectivity index (χ3n) is 5.64. The number of ether oxygens (including phenoxy) is 3. The van der Waals surface area contributed by atoms with Crippen LogP contribution in [0, 0.1) is 0 Å². The molecule has 2 heterocycles. The first-order chi connectivity index (χ1) is 12.0. The van der Waals surface area contributed by atoms with Crippen molar-refractivity contribution < 1.29 is 24.4 Å². The van der Waals surface area contributed by atoms with Gasteiger partial charge in [-0.2, -0.15) is 0 Å². The number of hydrogen-bond donors (Lipinski definition) is 2. The van der Waals surface area contributed by atoms with Gasteiger partial charge in [0.25, 0.3) is 0 Å². The Balaban J connectivity index is 1.81. The van der Waals surface area contributed by atoms with Gasteiger partial charge >= 0.3 is 0 Å². The molecule has 1 spiro atoms. The summed E-state index contributed by atoms with van der Waals surface area (Å²) in [7, 11) is 3.77. The quantitative estimate of drug-likeness (QED) is 0.630. The predicted octanol–water partition coefficient (Wildman–Crippen LogP) is 1.19. The van der Waals surface area contributed by atoms with Crippen LogP contribution in [0.3, 0.4) is 0 Å². The molecule has 1 aromatic rings. The van der Waals surface area contributed by atoms with E-state index in [2.05, 4.69) is 18.0 Å². The van der Waals surface area contributed by atoms with Crippen molar-refractivity contribution in [3.8, 4) is 11.5 Å². The highest BCUT2D eigenvalue weighted by atomic mass is 16.6. The Labute approximate surface area is 147 Å². The summed E-state index contributed by atoms with van der Waals surface area (Å²) in [6, 6.07) is 4.07. The van der Waals surface area contributed by atoms with Crippen molar-refractivity contribution in [2.75, 3.05) is 33.9 Å². The molecule has 6 heteroatoms. The first-order valence-corrected chi connectivity index (χ1v) is 8.74. The molecule has 2 N–H and O–H groups in total. The first-order valence-electron chi connectivity index (χ1n) is 8.74. The van der Waals surface area contributed by atoms with Gasteiger partial charge in [0.2, 0.25) is 0 Å². The number of benzene rings is 1. The third kappa shape index (κ3) is 2.56. The molecule has 1 aliphatic carbocycles. The van der Waals surface area contributed by atoms with Crippen LogP contribution in [0.1, 0.15) is 24.0 Å². The second-order valence-electron chi connectivity index (χ2n) is 7.22. The number of aliphatic hydroxyl groups excluding tert-OH is 1. The average Bonchev–Trinajstić information content (AvgIpc) is 2.85. The number of methoxy groups -OCH3 is 1. The van der Waals surface area contributed by atoms with Crippen molar-refractivity contribution in [3.63, 3.8) is 0 Å². The zero-order valence-electron chi connectivity index (χ0n) is 14.7. The van der Waals surface area contributed by atoms with Gasteiger partial charge in [-0.3, -0.25) is 0 Å². The molecule has 136 valence electrons. The summed E-state index contributed by atoms with van der Waals surface area (Å²) in [5.41, 5.74) is 2.14. The van der Waals surface area contributed by atoms with Crippen molar-refractivity contribution in [1.82, 2.24) is 4.90 Å². The second-order valence-corrected chi connectivity index (χ2v) is 7.22. The van der Waals surface area contributed by atoms with Gasteiger partial charge in [-0.05, 0) is 37.7 Å². The van der Waals surface area contributed by atoms with E-state index in [1.165, 1.54) is 11.1 Å². The van der Waals surface area contributed by atoms with E-state index in [0.29, 0.717) is 6.42 Å². The standard InChI is InChI=1S/C19H25NO5/c1-20-8-7-18-5-6-19(22,24-10-9-21)11-15(18)25-17-14(23-2)4-3-13(12-20)16(17)18/h3-6,15,21-22H,7-12H2,1-2H3/t15-,18?,19?/m0/s1. The van der Waals surface area contributed by atoms with Crippen LogP contribution in [0.4, 0.5) is 0 Å². The van der Waals surface area contributed by atoms with Crippen molar-refractivity contribution in [3.05, 3.63) is 35.4 Å². The molecule has 6 nitrogen and oxygen atoms in total. The third-order valence-corrected chi connectivity index (χ3v) is 5.64. The first kappa shape index (κ1) is 16.8. The van der Waals surface area contributed by atoms with Gasteiger partial charge < -0.3 is 29.3 Å². The Kier molecular flexibility index (Phi) is 4.03. The van der Waals surface area contributed by atoms with Gasteiger partial charge in [-0.15, -0.1) is 0 Å². The lowest BCUT2D eigenvalue weighted by molar-refractivity contribution is -0.193. The zero-order valence-corrected chi connectivity index (χ0v) is 14.7. The molecule has 3 aliphatic rings. The lowest BCUT2D eigenvalue weighted by atomic mass is 9.68. The van der Waals surface area contributed by atoms with Crippen LogP contribution in [0.2, 0.25) is 0 Å². The van der Waals surface area contributed by atoms with E-state index in [1.54, 1.807) is 13.2 Å². The van der Waals surface area contributed by atoms with Crippen LogP contribution in [0.5, 0.6) is 11.5 Å². The van der Waals surface area contributed by atoms with Gasteiger partial charge in [0, 0.05) is 18.5 Å². The summed E-state index contributed by atoms with van der Waals surface area (Å²) in [6.07, 6.45) is 4.79. The largest absolute Gasteiger partial charge is 0.493 e. The zero-order chi connectivity index (χ0) is 17.7.